The van der Waals surface area contributed by atoms with E-state index < -0.39 is 5.60 Å². The molecule has 2 aromatic carbocycles. The van der Waals surface area contributed by atoms with E-state index in [-0.39, 0.29) is 0 Å². The molecular weight excluding hydrogens is 294 g/mol. The second-order valence-corrected chi connectivity index (χ2v) is 7.68. The molecule has 0 saturated carbocycles. The smallest absolute Gasteiger partial charge is 0.115 e. The lowest BCUT2D eigenvalue weighted by atomic mass is 9.75. The Bertz CT molecular complexity index is 615. The van der Waals surface area contributed by atoms with Crippen molar-refractivity contribution >= 4 is 0 Å². The Hall–Kier alpha value is -1.64. The second-order valence-electron chi connectivity index (χ2n) is 7.68. The molecule has 2 atom stereocenters. The first-order chi connectivity index (χ1) is 11.7. The van der Waals surface area contributed by atoms with E-state index in [1.165, 1.54) is 25.7 Å². The predicted molar refractivity (Wildman–Crippen MR) is 97.8 cm³/mol. The van der Waals surface area contributed by atoms with Crippen molar-refractivity contribution < 1.29 is 5.11 Å². The lowest BCUT2D eigenvalue weighted by molar-refractivity contribution is 0.0268. The third-order valence-electron chi connectivity index (χ3n) is 6.28. The molecule has 126 valence electrons. The van der Waals surface area contributed by atoms with Crippen LogP contribution in [0.4, 0.5) is 0 Å². The molecule has 24 heavy (non-hydrogen) atoms. The van der Waals surface area contributed by atoms with E-state index in [0.717, 1.165) is 17.5 Å². The minimum atomic E-state index is -0.886. The molecule has 0 spiro atoms. The van der Waals surface area contributed by atoms with Crippen LogP contribution in [-0.4, -0.2) is 29.1 Å². The molecule has 2 saturated heterocycles. The van der Waals surface area contributed by atoms with E-state index in [2.05, 4.69) is 36.2 Å². The van der Waals surface area contributed by atoms with Crippen LogP contribution in [0.25, 0.3) is 0 Å². The van der Waals surface area contributed by atoms with E-state index >= 15 is 0 Å². The number of benzene rings is 2. The van der Waals surface area contributed by atoms with Gasteiger partial charge in [-0.05, 0) is 56.2 Å². The molecule has 0 aliphatic carbocycles. The summed E-state index contributed by atoms with van der Waals surface area (Å²) in [6.45, 7) is 0. The van der Waals surface area contributed by atoms with Crippen molar-refractivity contribution in [2.24, 2.45) is 5.92 Å². The molecule has 2 nitrogen and oxygen atoms in total. The van der Waals surface area contributed by atoms with Gasteiger partial charge >= 0.3 is 0 Å². The van der Waals surface area contributed by atoms with Crippen LogP contribution < -0.4 is 0 Å². The molecule has 2 heterocycles. The molecule has 2 aliphatic rings. The van der Waals surface area contributed by atoms with Gasteiger partial charge in [-0.25, -0.2) is 0 Å². The lowest BCUT2D eigenvalue weighted by Crippen LogP contribution is -2.42. The fourth-order valence-corrected chi connectivity index (χ4v) is 4.94. The zero-order chi connectivity index (χ0) is 16.6. The average molecular weight is 321 g/mol. The van der Waals surface area contributed by atoms with Crippen LogP contribution in [0.3, 0.4) is 0 Å². The van der Waals surface area contributed by atoms with Gasteiger partial charge in [0.2, 0.25) is 0 Å². The van der Waals surface area contributed by atoms with Gasteiger partial charge in [-0.1, -0.05) is 60.7 Å². The molecule has 4 rings (SSSR count). The average Bonchev–Trinajstić information content (AvgIpc) is 2.84. The summed E-state index contributed by atoms with van der Waals surface area (Å²) in [7, 11) is 2.28. The van der Waals surface area contributed by atoms with Gasteiger partial charge in [0, 0.05) is 12.1 Å². The van der Waals surface area contributed by atoms with Gasteiger partial charge in [-0.2, -0.15) is 0 Å². The normalized spacial score (nSPS) is 27.3. The number of fused-ring (bicyclic) bond motifs is 2. The number of rotatable bonds is 4. The summed E-state index contributed by atoms with van der Waals surface area (Å²) >= 11 is 0. The first-order valence-corrected chi connectivity index (χ1v) is 9.22. The maximum Gasteiger partial charge on any atom is 0.115 e. The van der Waals surface area contributed by atoms with Crippen LogP contribution in [0, 0.1) is 5.92 Å². The van der Waals surface area contributed by atoms with Crippen LogP contribution in [0.1, 0.15) is 43.2 Å². The maximum absolute atomic E-state index is 11.8. The molecule has 0 unspecified atom stereocenters. The topological polar surface area (TPSA) is 23.5 Å². The van der Waals surface area contributed by atoms with E-state index in [0.29, 0.717) is 18.0 Å². The van der Waals surface area contributed by atoms with Gasteiger partial charge < -0.3 is 10.0 Å². The summed E-state index contributed by atoms with van der Waals surface area (Å²) in [5, 5.41) is 11.8. The molecule has 2 heteroatoms. The van der Waals surface area contributed by atoms with Crippen molar-refractivity contribution in [2.75, 3.05) is 7.05 Å². The first-order valence-electron chi connectivity index (χ1n) is 9.22. The molecule has 0 aromatic heterocycles. The second kappa shape index (κ2) is 6.34. The minimum absolute atomic E-state index is 0.587. The van der Waals surface area contributed by atoms with Crippen LogP contribution in [-0.2, 0) is 5.60 Å². The summed E-state index contributed by atoms with van der Waals surface area (Å²) in [6.07, 6.45) is 5.91. The van der Waals surface area contributed by atoms with Gasteiger partial charge in [-0.3, -0.25) is 0 Å². The predicted octanol–water partition coefficient (Wildman–Crippen LogP) is 4.19. The molecule has 2 fully saturated rings. The molecule has 0 amide bonds. The van der Waals surface area contributed by atoms with Crippen LogP contribution in [0.5, 0.6) is 0 Å². The highest BCUT2D eigenvalue weighted by Crippen LogP contribution is 2.44. The minimum Gasteiger partial charge on any atom is -0.380 e. The Kier molecular flexibility index (Phi) is 4.19. The molecule has 0 radical (unpaired) electrons. The third-order valence-corrected chi connectivity index (χ3v) is 6.28. The van der Waals surface area contributed by atoms with Crippen molar-refractivity contribution in [2.45, 2.75) is 49.8 Å². The van der Waals surface area contributed by atoms with Crippen molar-refractivity contribution in [1.29, 1.82) is 0 Å². The SMILES string of the molecule is CN1[C@@H]2CC[C@@H]1CC(CC(O)(c1ccccc1)c1ccccc1)C2. The first kappa shape index (κ1) is 15.9. The molecule has 2 bridgehead atoms. The van der Waals surface area contributed by atoms with Crippen molar-refractivity contribution in [1.82, 2.24) is 4.90 Å². The number of aliphatic hydroxyl groups is 1. The highest BCUT2D eigenvalue weighted by atomic mass is 16.3. The van der Waals surface area contributed by atoms with E-state index in [1.54, 1.807) is 0 Å². The maximum atomic E-state index is 11.8. The van der Waals surface area contributed by atoms with Gasteiger partial charge in [0.25, 0.3) is 0 Å². The quantitative estimate of drug-likeness (QED) is 0.913. The van der Waals surface area contributed by atoms with Crippen LogP contribution in [0.15, 0.2) is 60.7 Å². The largest absolute Gasteiger partial charge is 0.380 e. The van der Waals surface area contributed by atoms with Crippen LogP contribution >= 0.6 is 0 Å². The van der Waals surface area contributed by atoms with E-state index in [9.17, 15) is 5.11 Å². The number of hydrogen-bond donors (Lipinski definition) is 1. The van der Waals surface area contributed by atoms with Gasteiger partial charge in [0.1, 0.15) is 5.60 Å². The Morgan fingerprint density at radius 1 is 0.875 bits per heavy atom. The van der Waals surface area contributed by atoms with Gasteiger partial charge in [-0.15, -0.1) is 0 Å². The Balaban J connectivity index is 1.65. The summed E-state index contributed by atoms with van der Waals surface area (Å²) in [5.74, 6) is 0.587. The number of nitrogens with zero attached hydrogens (tertiary/aromatic N) is 1. The molecule has 2 aromatic rings. The Morgan fingerprint density at radius 2 is 1.33 bits per heavy atom. The van der Waals surface area contributed by atoms with Gasteiger partial charge in [0.15, 0.2) is 0 Å². The van der Waals surface area contributed by atoms with Gasteiger partial charge in [0.05, 0.1) is 0 Å². The fraction of sp³-hybridized carbons (Fsp3) is 0.455. The molecule has 1 N–H and O–H groups in total. The summed E-state index contributed by atoms with van der Waals surface area (Å²) in [4.78, 5) is 2.57. The monoisotopic (exact) mass is 321 g/mol. The fourth-order valence-electron chi connectivity index (χ4n) is 4.94. The summed E-state index contributed by atoms with van der Waals surface area (Å²) in [6, 6.07) is 21.8. The van der Waals surface area contributed by atoms with Crippen molar-refractivity contribution in [3.05, 3.63) is 71.8 Å². The lowest BCUT2D eigenvalue weighted by Gasteiger charge is -2.40. The number of hydrogen-bond acceptors (Lipinski definition) is 2. The third kappa shape index (κ3) is 2.78. The highest BCUT2D eigenvalue weighted by Gasteiger charge is 2.42. The zero-order valence-electron chi connectivity index (χ0n) is 14.4. The number of piperidine rings is 1. The van der Waals surface area contributed by atoms with E-state index in [1.807, 2.05) is 36.4 Å². The highest BCUT2D eigenvalue weighted by molar-refractivity contribution is 5.36. The molecular formula is C22H27NO. The molecule has 2 aliphatic heterocycles. The van der Waals surface area contributed by atoms with E-state index in [4.69, 9.17) is 0 Å². The Labute approximate surface area is 145 Å². The summed E-state index contributed by atoms with van der Waals surface area (Å²) in [5.41, 5.74) is 1.15. The Morgan fingerprint density at radius 3 is 1.79 bits per heavy atom. The standard InChI is InChI=1S/C22H27NO/c1-23-20-12-13-21(23)15-17(14-20)16-22(24,18-8-4-2-5-9-18)19-10-6-3-7-11-19/h2-11,17,20-21,24H,12-16H2,1H3/t20-,21-/m1/s1. The van der Waals surface area contributed by atoms with Crippen LogP contribution in [0.2, 0.25) is 0 Å². The van der Waals surface area contributed by atoms with Crippen molar-refractivity contribution in [3.8, 4) is 0 Å². The zero-order valence-corrected chi connectivity index (χ0v) is 14.4. The van der Waals surface area contributed by atoms with Crippen molar-refractivity contribution in [3.63, 3.8) is 0 Å². The summed E-state index contributed by atoms with van der Waals surface area (Å²) < 4.78 is 0.